The van der Waals surface area contributed by atoms with Crippen LogP contribution in [-0.2, 0) is 0 Å². The molecule has 5 nitrogen and oxygen atoms in total. The van der Waals surface area contributed by atoms with Gasteiger partial charge in [0, 0.05) is 42.0 Å². The van der Waals surface area contributed by atoms with E-state index in [1.54, 1.807) is 0 Å². The van der Waals surface area contributed by atoms with E-state index in [-0.39, 0.29) is 12.1 Å². The summed E-state index contributed by atoms with van der Waals surface area (Å²) in [5.74, 6) is 1.30. The van der Waals surface area contributed by atoms with Gasteiger partial charge in [-0.1, -0.05) is 49.2 Å². The lowest BCUT2D eigenvalue weighted by Gasteiger charge is -2.37. The number of aryl methyl sites for hydroxylation is 2. The van der Waals surface area contributed by atoms with Crippen molar-refractivity contribution in [2.75, 3.05) is 22.9 Å². The number of piperidine rings is 1. The average molecular weight is 584 g/mol. The maximum atomic E-state index is 7.04. The number of nitrogens with zero attached hydrogens (tertiary/aromatic N) is 4. The highest BCUT2D eigenvalue weighted by Gasteiger charge is 2.42. The predicted octanol–water partition coefficient (Wildman–Crippen LogP) is 8.11. The van der Waals surface area contributed by atoms with E-state index in [4.69, 9.17) is 28.8 Å². The third-order valence-corrected chi connectivity index (χ3v) is 9.22. The summed E-state index contributed by atoms with van der Waals surface area (Å²) in [6, 6.07) is 23.3. The molecule has 4 atom stereocenters. The van der Waals surface area contributed by atoms with Gasteiger partial charge in [0.2, 0.25) is 0 Å². The van der Waals surface area contributed by atoms with Crippen LogP contribution in [-0.4, -0.2) is 27.8 Å². The van der Waals surface area contributed by atoms with Crippen LogP contribution in [0, 0.1) is 32.6 Å². The van der Waals surface area contributed by atoms with E-state index >= 15 is 0 Å². The molecule has 2 aromatic carbocycles. The molecule has 0 aliphatic carbocycles. The molecule has 0 radical (unpaired) electrons. The van der Waals surface area contributed by atoms with Crippen molar-refractivity contribution in [2.24, 2.45) is 11.8 Å². The smallest absolute Gasteiger partial charge is 0.174 e. The van der Waals surface area contributed by atoms with Gasteiger partial charge in [-0.2, -0.15) is 0 Å². The minimum atomic E-state index is -0.113. The van der Waals surface area contributed by atoms with Crippen molar-refractivity contribution in [1.82, 2.24) is 14.9 Å². The van der Waals surface area contributed by atoms with Crippen molar-refractivity contribution in [3.05, 3.63) is 106 Å². The lowest BCUT2D eigenvalue weighted by Crippen LogP contribution is -2.38. The molecule has 2 aliphatic heterocycles. The number of hydrogen-bond donors (Lipinski definition) is 1. The molecule has 4 heterocycles. The number of pyridine rings is 1. The van der Waals surface area contributed by atoms with Crippen LogP contribution in [0.15, 0.2) is 72.9 Å². The van der Waals surface area contributed by atoms with Crippen LogP contribution in [0.1, 0.15) is 60.6 Å². The summed E-state index contributed by atoms with van der Waals surface area (Å²) in [6.45, 7) is 13.2. The summed E-state index contributed by atoms with van der Waals surface area (Å²) in [4.78, 5) is 9.41. The molecule has 2 aromatic heterocycles. The number of anilines is 2. The largest absolute Gasteiger partial charge is 0.370 e. The van der Waals surface area contributed by atoms with Crippen molar-refractivity contribution in [2.45, 2.75) is 53.1 Å². The molecule has 2 aliphatic rings. The van der Waals surface area contributed by atoms with Gasteiger partial charge in [-0.25, -0.2) is 0 Å². The van der Waals surface area contributed by atoms with Gasteiger partial charge in [-0.05, 0) is 105 Å². The Hall–Kier alpha value is -3.35. The number of nitrogens with one attached hydrogen (secondary N) is 1. The predicted molar refractivity (Wildman–Crippen MR) is 175 cm³/mol. The Morgan fingerprint density at radius 3 is 2.27 bits per heavy atom. The van der Waals surface area contributed by atoms with Gasteiger partial charge in [0.05, 0.1) is 28.5 Å². The maximum absolute atomic E-state index is 7.04. The zero-order chi connectivity index (χ0) is 28.8. The molecule has 1 N–H and O–H groups in total. The van der Waals surface area contributed by atoms with Gasteiger partial charge in [0.25, 0.3) is 0 Å². The first-order valence-corrected chi connectivity index (χ1v) is 15.3. The third kappa shape index (κ3) is 5.24. The molecular formula is C34H38ClN5S. The molecule has 0 spiro atoms. The molecule has 0 bridgehead atoms. The minimum absolute atomic E-state index is 0.0975. The monoisotopic (exact) mass is 583 g/mol. The first-order chi connectivity index (χ1) is 19.7. The van der Waals surface area contributed by atoms with Gasteiger partial charge < -0.3 is 19.7 Å². The van der Waals surface area contributed by atoms with E-state index in [0.717, 1.165) is 40.9 Å². The topological polar surface area (TPSA) is 36.3 Å². The quantitative estimate of drug-likeness (QED) is 0.240. The van der Waals surface area contributed by atoms with Crippen LogP contribution in [0.5, 0.6) is 0 Å². The molecule has 4 unspecified atom stereocenters. The fourth-order valence-corrected chi connectivity index (χ4v) is 7.53. The summed E-state index contributed by atoms with van der Waals surface area (Å²) in [7, 11) is 0. The Morgan fingerprint density at radius 1 is 0.902 bits per heavy atom. The Bertz CT molecular complexity index is 1550. The van der Waals surface area contributed by atoms with Crippen LogP contribution in [0.4, 0.5) is 11.4 Å². The van der Waals surface area contributed by atoms with Crippen LogP contribution in [0.25, 0.3) is 5.69 Å². The van der Waals surface area contributed by atoms with Gasteiger partial charge in [0.15, 0.2) is 5.11 Å². The van der Waals surface area contributed by atoms with E-state index in [2.05, 4.69) is 109 Å². The SMILES string of the molecule is Cc1ccc(-n2c(C)cc(C3C(c4ccccn4)NC(=S)N3c3ccc(N4CC(C)CC(C)C4)c(Cl)c3)c2C)cc1. The standard InChI is InChI=1S/C34H38ClN5S/c1-21-9-11-26(12-10-21)39-24(4)17-28(25(39)5)33-32(30-8-6-7-15-36-30)37-34(41)40(33)27-13-14-31(29(35)18-27)38-19-22(2)16-23(3)20-38/h6-15,17-18,22-23,32-33H,16,19-20H2,1-5H3,(H,37,41). The molecule has 212 valence electrons. The lowest BCUT2D eigenvalue weighted by molar-refractivity contribution is 0.357. The highest BCUT2D eigenvalue weighted by Crippen LogP contribution is 2.45. The number of benzene rings is 2. The number of rotatable bonds is 5. The molecule has 41 heavy (non-hydrogen) atoms. The number of thiocarbonyl (C=S) groups is 1. The molecule has 0 saturated carbocycles. The highest BCUT2D eigenvalue weighted by atomic mass is 35.5. The number of hydrogen-bond acceptors (Lipinski definition) is 3. The van der Waals surface area contributed by atoms with E-state index in [1.807, 2.05) is 18.3 Å². The Balaban J connectivity index is 1.44. The maximum Gasteiger partial charge on any atom is 0.174 e. The Kier molecular flexibility index (Phi) is 7.56. The fourth-order valence-electron chi connectivity index (χ4n) is 6.89. The van der Waals surface area contributed by atoms with Crippen LogP contribution in [0.3, 0.4) is 0 Å². The molecule has 2 fully saturated rings. The molecule has 7 heteroatoms. The van der Waals surface area contributed by atoms with Gasteiger partial charge in [-0.15, -0.1) is 0 Å². The number of halogens is 1. The van der Waals surface area contributed by atoms with Gasteiger partial charge in [-0.3, -0.25) is 4.98 Å². The summed E-state index contributed by atoms with van der Waals surface area (Å²) >= 11 is 13.1. The lowest BCUT2D eigenvalue weighted by atomic mass is 9.91. The second-order valence-electron chi connectivity index (χ2n) is 12.0. The molecule has 0 amide bonds. The summed E-state index contributed by atoms with van der Waals surface area (Å²) < 4.78 is 2.33. The zero-order valence-electron chi connectivity index (χ0n) is 24.4. The van der Waals surface area contributed by atoms with E-state index in [1.165, 1.54) is 28.9 Å². The Morgan fingerprint density at radius 2 is 1.61 bits per heavy atom. The summed E-state index contributed by atoms with van der Waals surface area (Å²) in [5, 5.41) is 5.05. The van der Waals surface area contributed by atoms with Crippen molar-refractivity contribution in [1.29, 1.82) is 0 Å². The first kappa shape index (κ1) is 27.8. The molecule has 6 rings (SSSR count). The van der Waals surface area contributed by atoms with Crippen molar-refractivity contribution in [3.8, 4) is 5.69 Å². The number of aromatic nitrogens is 2. The normalized spacial score (nSPS) is 22.7. The average Bonchev–Trinajstić information content (AvgIpc) is 3.44. The first-order valence-electron chi connectivity index (χ1n) is 14.5. The van der Waals surface area contributed by atoms with Gasteiger partial charge >= 0.3 is 0 Å². The van der Waals surface area contributed by atoms with E-state index < -0.39 is 0 Å². The Labute approximate surface area is 254 Å². The van der Waals surface area contributed by atoms with Crippen molar-refractivity contribution >= 4 is 40.3 Å². The zero-order valence-corrected chi connectivity index (χ0v) is 26.0. The van der Waals surface area contributed by atoms with Crippen molar-refractivity contribution in [3.63, 3.8) is 0 Å². The van der Waals surface area contributed by atoms with E-state index in [0.29, 0.717) is 16.9 Å². The highest BCUT2D eigenvalue weighted by molar-refractivity contribution is 7.80. The van der Waals surface area contributed by atoms with Crippen LogP contribution in [0.2, 0.25) is 5.02 Å². The molecule has 2 saturated heterocycles. The van der Waals surface area contributed by atoms with Gasteiger partial charge in [0.1, 0.15) is 0 Å². The summed E-state index contributed by atoms with van der Waals surface area (Å²) in [5.41, 5.74) is 9.03. The molecular weight excluding hydrogens is 546 g/mol. The minimum Gasteiger partial charge on any atom is -0.370 e. The summed E-state index contributed by atoms with van der Waals surface area (Å²) in [6.07, 6.45) is 3.11. The van der Waals surface area contributed by atoms with E-state index in [9.17, 15) is 0 Å². The van der Waals surface area contributed by atoms with Crippen LogP contribution >= 0.6 is 23.8 Å². The van der Waals surface area contributed by atoms with Crippen LogP contribution < -0.4 is 15.1 Å². The second kappa shape index (κ2) is 11.1. The third-order valence-electron chi connectivity index (χ3n) is 8.60. The fraction of sp³-hybridized carbons (Fsp3) is 0.353. The second-order valence-corrected chi connectivity index (χ2v) is 12.8. The molecule has 4 aromatic rings. The van der Waals surface area contributed by atoms with Crippen molar-refractivity contribution < 1.29 is 0 Å².